The third-order valence-corrected chi connectivity index (χ3v) is 2.62. The van der Waals surface area contributed by atoms with Crippen molar-refractivity contribution in [3.63, 3.8) is 0 Å². The quantitative estimate of drug-likeness (QED) is 0.813. The number of H-pyrrole nitrogens is 1. The summed E-state index contributed by atoms with van der Waals surface area (Å²) >= 11 is 0. The first-order valence-corrected chi connectivity index (χ1v) is 6.03. The maximum Gasteiger partial charge on any atom is 0.249 e. The van der Waals surface area contributed by atoms with E-state index in [0.717, 1.165) is 5.56 Å². The Kier molecular flexibility index (Phi) is 4.63. The largest absolute Gasteiger partial charge is 0.364 e. The van der Waals surface area contributed by atoms with E-state index >= 15 is 0 Å². The summed E-state index contributed by atoms with van der Waals surface area (Å²) in [6.07, 6.45) is 1.06. The third-order valence-electron chi connectivity index (χ3n) is 2.62. The first-order chi connectivity index (χ1) is 9.25. The van der Waals surface area contributed by atoms with Crippen LogP contribution >= 0.6 is 0 Å². The molecular weight excluding hydrogens is 244 g/mol. The zero-order valence-electron chi connectivity index (χ0n) is 10.7. The van der Waals surface area contributed by atoms with Gasteiger partial charge >= 0.3 is 0 Å². The Morgan fingerprint density at radius 2 is 2.21 bits per heavy atom. The number of aromatic amines is 1. The first kappa shape index (κ1) is 13.2. The summed E-state index contributed by atoms with van der Waals surface area (Å²) in [6, 6.07) is 9.74. The van der Waals surface area contributed by atoms with E-state index in [4.69, 9.17) is 4.74 Å². The maximum absolute atomic E-state index is 11.8. The van der Waals surface area contributed by atoms with Crippen molar-refractivity contribution in [1.29, 1.82) is 0 Å². The van der Waals surface area contributed by atoms with Crippen LogP contribution in [0.5, 0.6) is 0 Å². The molecule has 2 aromatic rings. The van der Waals surface area contributed by atoms with Gasteiger partial charge in [-0.1, -0.05) is 30.3 Å². The van der Waals surface area contributed by atoms with Gasteiger partial charge in [0.05, 0.1) is 19.3 Å². The van der Waals surface area contributed by atoms with Crippen LogP contribution in [0, 0.1) is 0 Å². The van der Waals surface area contributed by atoms with Crippen LogP contribution in [-0.4, -0.2) is 27.4 Å². The van der Waals surface area contributed by atoms with Crippen molar-refractivity contribution in [3.8, 4) is 0 Å². The predicted molar refractivity (Wildman–Crippen MR) is 68.9 cm³/mol. The minimum Gasteiger partial charge on any atom is -0.364 e. The number of hydrogen-bond acceptors (Lipinski definition) is 4. The van der Waals surface area contributed by atoms with Gasteiger partial charge in [0.1, 0.15) is 11.8 Å². The first-order valence-electron chi connectivity index (χ1n) is 6.03. The van der Waals surface area contributed by atoms with Crippen molar-refractivity contribution >= 4 is 5.91 Å². The van der Waals surface area contributed by atoms with Gasteiger partial charge in [0, 0.05) is 0 Å². The zero-order chi connectivity index (χ0) is 13.5. The van der Waals surface area contributed by atoms with Crippen LogP contribution in [0.1, 0.15) is 18.2 Å². The van der Waals surface area contributed by atoms with Gasteiger partial charge in [-0.25, -0.2) is 0 Å². The average molecular weight is 260 g/mol. The molecule has 2 N–H and O–H groups in total. The number of carbonyl (C=O) groups excluding carboxylic acids is 1. The standard InChI is InChI=1S/C13H16N4O2/c1-10(19-9-11-5-3-2-4-6-11)13(18)14-7-12-8-15-17-16-12/h2-6,8,10H,7,9H2,1H3,(H,14,18)(H,15,16,17)/t10-/m0/s1. The number of ether oxygens (including phenoxy) is 1. The molecule has 1 amide bonds. The molecule has 0 aliphatic carbocycles. The van der Waals surface area contributed by atoms with E-state index in [9.17, 15) is 4.79 Å². The molecule has 1 atom stereocenters. The second-order valence-corrected chi connectivity index (χ2v) is 4.12. The van der Waals surface area contributed by atoms with Gasteiger partial charge in [0.2, 0.25) is 5.91 Å². The number of nitrogens with one attached hydrogen (secondary N) is 2. The molecule has 6 nitrogen and oxygen atoms in total. The molecule has 0 aliphatic heterocycles. The maximum atomic E-state index is 11.8. The molecule has 0 fully saturated rings. The highest BCUT2D eigenvalue weighted by Gasteiger charge is 2.13. The van der Waals surface area contributed by atoms with Gasteiger partial charge in [-0.3, -0.25) is 4.79 Å². The Balaban J connectivity index is 1.73. The number of nitrogens with zero attached hydrogens (tertiary/aromatic N) is 2. The van der Waals surface area contributed by atoms with Crippen molar-refractivity contribution in [1.82, 2.24) is 20.7 Å². The SMILES string of the molecule is C[C@H](OCc1ccccc1)C(=O)NCc1cn[nH]n1. The molecule has 100 valence electrons. The Labute approximate surface area is 111 Å². The molecule has 0 spiro atoms. The van der Waals surface area contributed by atoms with E-state index in [2.05, 4.69) is 20.7 Å². The average Bonchev–Trinajstić information content (AvgIpc) is 2.96. The Hall–Kier alpha value is -2.21. The lowest BCUT2D eigenvalue weighted by molar-refractivity contribution is -0.132. The van der Waals surface area contributed by atoms with Gasteiger partial charge in [0.25, 0.3) is 0 Å². The summed E-state index contributed by atoms with van der Waals surface area (Å²) < 4.78 is 5.50. The van der Waals surface area contributed by atoms with Crippen LogP contribution in [0.4, 0.5) is 0 Å². The lowest BCUT2D eigenvalue weighted by Crippen LogP contribution is -2.34. The fourth-order valence-electron chi connectivity index (χ4n) is 1.50. The van der Waals surface area contributed by atoms with E-state index in [1.807, 2.05) is 30.3 Å². The van der Waals surface area contributed by atoms with Gasteiger partial charge in [-0.2, -0.15) is 15.4 Å². The van der Waals surface area contributed by atoms with Crippen LogP contribution < -0.4 is 5.32 Å². The molecule has 0 saturated heterocycles. The van der Waals surface area contributed by atoms with Crippen LogP contribution in [0.25, 0.3) is 0 Å². The highest BCUT2D eigenvalue weighted by molar-refractivity contribution is 5.80. The lowest BCUT2D eigenvalue weighted by Gasteiger charge is -2.12. The van der Waals surface area contributed by atoms with Crippen LogP contribution in [0.2, 0.25) is 0 Å². The van der Waals surface area contributed by atoms with E-state index in [1.165, 1.54) is 0 Å². The highest BCUT2D eigenvalue weighted by atomic mass is 16.5. The number of rotatable bonds is 6. The van der Waals surface area contributed by atoms with Crippen LogP contribution in [0.3, 0.4) is 0 Å². The second kappa shape index (κ2) is 6.65. The van der Waals surface area contributed by atoms with Gasteiger partial charge in [0.15, 0.2) is 0 Å². The molecule has 19 heavy (non-hydrogen) atoms. The highest BCUT2D eigenvalue weighted by Crippen LogP contribution is 2.03. The van der Waals surface area contributed by atoms with Gasteiger partial charge in [-0.05, 0) is 12.5 Å². The van der Waals surface area contributed by atoms with Crippen molar-refractivity contribution < 1.29 is 9.53 Å². The Morgan fingerprint density at radius 3 is 2.89 bits per heavy atom. The molecular formula is C13H16N4O2. The molecule has 0 bridgehead atoms. The third kappa shape index (κ3) is 4.18. The molecule has 0 aliphatic rings. The van der Waals surface area contributed by atoms with Crippen LogP contribution in [0.15, 0.2) is 36.5 Å². The van der Waals surface area contributed by atoms with E-state index in [0.29, 0.717) is 18.8 Å². The number of amides is 1. The van der Waals surface area contributed by atoms with E-state index in [1.54, 1.807) is 13.1 Å². The summed E-state index contributed by atoms with van der Waals surface area (Å²) in [5.74, 6) is -0.168. The molecule has 2 rings (SSSR count). The Bertz CT molecular complexity index is 499. The fraction of sp³-hybridized carbons (Fsp3) is 0.308. The molecule has 0 saturated carbocycles. The molecule has 0 radical (unpaired) electrons. The smallest absolute Gasteiger partial charge is 0.249 e. The number of aromatic nitrogens is 3. The fourth-order valence-corrected chi connectivity index (χ4v) is 1.50. The minimum atomic E-state index is -0.507. The normalized spacial score (nSPS) is 12.1. The van der Waals surface area contributed by atoms with Crippen LogP contribution in [-0.2, 0) is 22.7 Å². The number of hydrogen-bond donors (Lipinski definition) is 2. The summed E-state index contributed by atoms with van der Waals surface area (Å²) in [5.41, 5.74) is 1.72. The number of carbonyl (C=O) groups is 1. The van der Waals surface area contributed by atoms with Crippen molar-refractivity contribution in [2.45, 2.75) is 26.2 Å². The van der Waals surface area contributed by atoms with Crippen molar-refractivity contribution in [2.24, 2.45) is 0 Å². The zero-order valence-corrected chi connectivity index (χ0v) is 10.7. The number of benzene rings is 1. The van der Waals surface area contributed by atoms with Crippen molar-refractivity contribution in [3.05, 3.63) is 47.8 Å². The second-order valence-electron chi connectivity index (χ2n) is 4.12. The summed E-state index contributed by atoms with van der Waals surface area (Å²) in [5, 5.41) is 12.7. The van der Waals surface area contributed by atoms with Gasteiger partial charge in [-0.15, -0.1) is 0 Å². The summed E-state index contributed by atoms with van der Waals surface area (Å²) in [7, 11) is 0. The lowest BCUT2D eigenvalue weighted by atomic mass is 10.2. The molecule has 6 heteroatoms. The monoisotopic (exact) mass is 260 g/mol. The molecule has 1 aromatic heterocycles. The predicted octanol–water partition coefficient (Wildman–Crippen LogP) is 1.03. The van der Waals surface area contributed by atoms with E-state index in [-0.39, 0.29) is 5.91 Å². The summed E-state index contributed by atoms with van der Waals surface area (Å²) in [6.45, 7) is 2.48. The molecule has 1 aromatic carbocycles. The van der Waals surface area contributed by atoms with E-state index < -0.39 is 6.10 Å². The summed E-state index contributed by atoms with van der Waals surface area (Å²) in [4.78, 5) is 11.8. The Morgan fingerprint density at radius 1 is 1.42 bits per heavy atom. The topological polar surface area (TPSA) is 79.9 Å². The molecule has 0 unspecified atom stereocenters. The van der Waals surface area contributed by atoms with Crippen molar-refractivity contribution in [2.75, 3.05) is 0 Å². The van der Waals surface area contributed by atoms with Gasteiger partial charge < -0.3 is 10.1 Å². The molecule has 1 heterocycles. The minimum absolute atomic E-state index is 0.168.